The average Bonchev–Trinajstić information content (AvgIpc) is 2.42. The second kappa shape index (κ2) is 5.97. The summed E-state index contributed by atoms with van der Waals surface area (Å²) in [6.07, 6.45) is 4.41. The van der Waals surface area contributed by atoms with Crippen LogP contribution in [0.15, 0.2) is 0 Å². The number of hydrogen-bond donors (Lipinski definition) is 2. The summed E-state index contributed by atoms with van der Waals surface area (Å²) in [4.78, 5) is 11.0. The molecule has 0 aromatic rings. The Kier molecular flexibility index (Phi) is 4.83. The molecule has 13 heavy (non-hydrogen) atoms. The van der Waals surface area contributed by atoms with Crippen molar-refractivity contribution in [3.63, 3.8) is 0 Å². The van der Waals surface area contributed by atoms with Gasteiger partial charge in [-0.3, -0.25) is 4.79 Å². The van der Waals surface area contributed by atoms with E-state index in [0.717, 1.165) is 19.6 Å². The molecule has 0 saturated carbocycles. The van der Waals surface area contributed by atoms with Crippen molar-refractivity contribution >= 4 is 5.91 Å². The minimum absolute atomic E-state index is 0.171. The lowest BCUT2D eigenvalue weighted by Gasteiger charge is -2.14. The molecule has 1 heterocycles. The van der Waals surface area contributed by atoms with E-state index in [0.29, 0.717) is 12.3 Å². The van der Waals surface area contributed by atoms with E-state index in [1.54, 1.807) is 0 Å². The van der Waals surface area contributed by atoms with Crippen molar-refractivity contribution < 1.29 is 4.79 Å². The second-order valence-corrected chi connectivity index (χ2v) is 3.72. The van der Waals surface area contributed by atoms with E-state index in [4.69, 9.17) is 0 Å². The van der Waals surface area contributed by atoms with Crippen molar-refractivity contribution in [2.45, 2.75) is 32.6 Å². The normalized spacial score (nSPS) is 23.6. The Morgan fingerprint density at radius 1 is 1.54 bits per heavy atom. The number of carbonyl (C=O) groups excluding carboxylic acids is 1. The van der Waals surface area contributed by atoms with Gasteiger partial charge in [-0.2, -0.15) is 0 Å². The first-order chi connectivity index (χ1) is 6.33. The summed E-state index contributed by atoms with van der Waals surface area (Å²) >= 11 is 0. The van der Waals surface area contributed by atoms with Gasteiger partial charge in [-0.25, -0.2) is 0 Å². The van der Waals surface area contributed by atoms with Gasteiger partial charge in [0.25, 0.3) is 0 Å². The molecular weight excluding hydrogens is 164 g/mol. The molecule has 1 atom stereocenters. The lowest BCUT2D eigenvalue weighted by molar-refractivity contribution is -0.120. The van der Waals surface area contributed by atoms with Gasteiger partial charge >= 0.3 is 0 Å². The number of nitrogens with one attached hydrogen (secondary N) is 2. The zero-order chi connectivity index (χ0) is 9.52. The van der Waals surface area contributed by atoms with Gasteiger partial charge in [0.15, 0.2) is 0 Å². The van der Waals surface area contributed by atoms with Crippen molar-refractivity contribution in [2.24, 2.45) is 5.92 Å². The lowest BCUT2D eigenvalue weighted by Crippen LogP contribution is -2.33. The molecule has 0 radical (unpaired) electrons. The van der Waals surface area contributed by atoms with Crippen LogP contribution in [0.4, 0.5) is 0 Å². The molecule has 0 aromatic carbocycles. The van der Waals surface area contributed by atoms with Gasteiger partial charge in [-0.1, -0.05) is 13.3 Å². The van der Waals surface area contributed by atoms with Crippen LogP contribution in [0.3, 0.4) is 0 Å². The van der Waals surface area contributed by atoms with Gasteiger partial charge in [-0.05, 0) is 31.8 Å². The largest absolute Gasteiger partial charge is 0.356 e. The molecule has 1 saturated heterocycles. The molecule has 1 rings (SSSR count). The predicted molar refractivity (Wildman–Crippen MR) is 53.5 cm³/mol. The van der Waals surface area contributed by atoms with E-state index < -0.39 is 0 Å². The van der Waals surface area contributed by atoms with Crippen molar-refractivity contribution in [3.8, 4) is 0 Å². The van der Waals surface area contributed by atoms with E-state index in [2.05, 4.69) is 10.6 Å². The molecule has 0 aliphatic carbocycles. The number of amides is 1. The fourth-order valence-corrected chi connectivity index (χ4v) is 1.65. The first-order valence-electron chi connectivity index (χ1n) is 5.30. The fraction of sp³-hybridized carbons (Fsp3) is 0.900. The smallest absolute Gasteiger partial charge is 0.219 e. The third-order valence-electron chi connectivity index (χ3n) is 2.56. The van der Waals surface area contributed by atoms with Crippen LogP contribution in [0.25, 0.3) is 0 Å². The Labute approximate surface area is 80.3 Å². The fourth-order valence-electron chi connectivity index (χ4n) is 1.65. The zero-order valence-electron chi connectivity index (χ0n) is 8.44. The van der Waals surface area contributed by atoms with Crippen molar-refractivity contribution in [3.05, 3.63) is 0 Å². The molecule has 1 fully saturated rings. The van der Waals surface area contributed by atoms with Gasteiger partial charge in [0.2, 0.25) is 5.91 Å². The molecule has 1 unspecified atom stereocenters. The summed E-state index contributed by atoms with van der Waals surface area (Å²) in [5.74, 6) is 0.808. The molecule has 0 bridgehead atoms. The first-order valence-corrected chi connectivity index (χ1v) is 5.30. The van der Waals surface area contributed by atoms with Gasteiger partial charge in [0.1, 0.15) is 0 Å². The maximum Gasteiger partial charge on any atom is 0.219 e. The molecule has 3 nitrogen and oxygen atoms in total. The van der Waals surface area contributed by atoms with Crippen LogP contribution in [0, 0.1) is 5.92 Å². The van der Waals surface area contributed by atoms with Crippen molar-refractivity contribution in [1.29, 1.82) is 0 Å². The average molecular weight is 184 g/mol. The standard InChI is InChI=1S/C10H20N2O/c1-2-10(13)12-8-9-5-3-4-6-11-7-9/h9,11H,2-8H2,1H3,(H,12,13). The Balaban J connectivity index is 2.15. The maximum absolute atomic E-state index is 11.0. The van der Waals surface area contributed by atoms with E-state index in [1.165, 1.54) is 19.3 Å². The van der Waals surface area contributed by atoms with Gasteiger partial charge in [-0.15, -0.1) is 0 Å². The third kappa shape index (κ3) is 4.27. The third-order valence-corrected chi connectivity index (χ3v) is 2.56. The number of hydrogen-bond acceptors (Lipinski definition) is 2. The Morgan fingerprint density at radius 3 is 3.15 bits per heavy atom. The van der Waals surface area contributed by atoms with E-state index >= 15 is 0 Å². The van der Waals surface area contributed by atoms with Crippen LogP contribution in [-0.4, -0.2) is 25.5 Å². The highest BCUT2D eigenvalue weighted by Gasteiger charge is 2.11. The molecule has 1 aliphatic rings. The van der Waals surface area contributed by atoms with Gasteiger partial charge < -0.3 is 10.6 Å². The minimum Gasteiger partial charge on any atom is -0.356 e. The van der Waals surface area contributed by atoms with Crippen LogP contribution in [0.5, 0.6) is 0 Å². The quantitative estimate of drug-likeness (QED) is 0.684. The molecule has 1 amide bonds. The minimum atomic E-state index is 0.171. The van der Waals surface area contributed by atoms with Crippen LogP contribution in [0.1, 0.15) is 32.6 Å². The summed E-state index contributed by atoms with van der Waals surface area (Å²) in [7, 11) is 0. The maximum atomic E-state index is 11.0. The molecule has 3 heteroatoms. The molecule has 0 aromatic heterocycles. The van der Waals surface area contributed by atoms with E-state index in [1.807, 2.05) is 6.92 Å². The number of carbonyl (C=O) groups is 1. The van der Waals surface area contributed by atoms with Crippen molar-refractivity contribution in [2.75, 3.05) is 19.6 Å². The Morgan fingerprint density at radius 2 is 2.38 bits per heavy atom. The van der Waals surface area contributed by atoms with Crippen LogP contribution in [0.2, 0.25) is 0 Å². The van der Waals surface area contributed by atoms with Gasteiger partial charge in [0, 0.05) is 13.0 Å². The first kappa shape index (κ1) is 10.5. The molecule has 1 aliphatic heterocycles. The monoisotopic (exact) mass is 184 g/mol. The molecular formula is C10H20N2O. The van der Waals surface area contributed by atoms with Crippen LogP contribution >= 0.6 is 0 Å². The highest BCUT2D eigenvalue weighted by atomic mass is 16.1. The summed E-state index contributed by atoms with van der Waals surface area (Å²) in [6.45, 7) is 4.93. The summed E-state index contributed by atoms with van der Waals surface area (Å²) < 4.78 is 0. The topological polar surface area (TPSA) is 41.1 Å². The Bertz CT molecular complexity index is 151. The zero-order valence-corrected chi connectivity index (χ0v) is 8.44. The predicted octanol–water partition coefficient (Wildman–Crippen LogP) is 0.902. The second-order valence-electron chi connectivity index (χ2n) is 3.72. The Hall–Kier alpha value is -0.570. The van der Waals surface area contributed by atoms with E-state index in [-0.39, 0.29) is 5.91 Å². The summed E-state index contributed by atoms with van der Waals surface area (Å²) in [5.41, 5.74) is 0. The van der Waals surface area contributed by atoms with Crippen LogP contribution in [-0.2, 0) is 4.79 Å². The SMILES string of the molecule is CCC(=O)NCC1CCCCNC1. The summed E-state index contributed by atoms with van der Waals surface area (Å²) in [6, 6.07) is 0. The lowest BCUT2D eigenvalue weighted by atomic mass is 10.0. The molecule has 2 N–H and O–H groups in total. The summed E-state index contributed by atoms with van der Waals surface area (Å²) in [5, 5.41) is 6.34. The van der Waals surface area contributed by atoms with Crippen LogP contribution < -0.4 is 10.6 Å². The van der Waals surface area contributed by atoms with E-state index in [9.17, 15) is 4.79 Å². The molecule has 76 valence electrons. The number of rotatable bonds is 3. The van der Waals surface area contributed by atoms with Crippen molar-refractivity contribution in [1.82, 2.24) is 10.6 Å². The highest BCUT2D eigenvalue weighted by molar-refractivity contribution is 5.75. The molecule has 0 spiro atoms. The van der Waals surface area contributed by atoms with Gasteiger partial charge in [0.05, 0.1) is 0 Å². The highest BCUT2D eigenvalue weighted by Crippen LogP contribution is 2.09.